The van der Waals surface area contributed by atoms with Crippen molar-refractivity contribution in [1.29, 1.82) is 5.26 Å². The highest BCUT2D eigenvalue weighted by atomic mass is 16.7. The van der Waals surface area contributed by atoms with E-state index in [2.05, 4.69) is 11.1 Å². The number of rotatable bonds is 6. The molecule has 7 heteroatoms. The van der Waals surface area contributed by atoms with Crippen LogP contribution in [0, 0.1) is 11.3 Å². The van der Waals surface area contributed by atoms with E-state index in [1.54, 1.807) is 43.7 Å². The first-order valence-corrected chi connectivity index (χ1v) is 9.16. The highest BCUT2D eigenvalue weighted by Crippen LogP contribution is 2.39. The summed E-state index contributed by atoms with van der Waals surface area (Å²) < 4.78 is 21.8. The maximum absolute atomic E-state index is 9.93. The smallest absolute Gasteiger partial charge is 0.237 e. The van der Waals surface area contributed by atoms with E-state index in [-0.39, 0.29) is 24.8 Å². The molecule has 0 fully saturated rings. The van der Waals surface area contributed by atoms with Crippen LogP contribution in [0.25, 0.3) is 17.2 Å². The number of aromatic nitrogens is 1. The minimum atomic E-state index is -0.126. The van der Waals surface area contributed by atoms with Crippen LogP contribution in [0.3, 0.4) is 0 Å². The van der Waals surface area contributed by atoms with Crippen molar-refractivity contribution in [2.24, 2.45) is 0 Å². The predicted molar refractivity (Wildman–Crippen MR) is 110 cm³/mol. The highest BCUT2D eigenvalue weighted by Gasteiger charge is 2.19. The summed E-state index contributed by atoms with van der Waals surface area (Å²) in [7, 11) is 1.59. The topological polar surface area (TPSA) is 93.8 Å². The van der Waals surface area contributed by atoms with Gasteiger partial charge in [0, 0.05) is 23.4 Å². The summed E-state index contributed by atoms with van der Waals surface area (Å²) in [5.74, 6) is 2.56. The fourth-order valence-corrected chi connectivity index (χ4v) is 3.12. The number of hydrogen-bond acceptors (Lipinski definition) is 7. The third-order valence-electron chi connectivity index (χ3n) is 4.53. The van der Waals surface area contributed by atoms with Crippen LogP contribution in [0.5, 0.6) is 28.9 Å². The Kier molecular flexibility index (Phi) is 5.50. The van der Waals surface area contributed by atoms with Gasteiger partial charge in [0.05, 0.1) is 13.7 Å². The van der Waals surface area contributed by atoms with Gasteiger partial charge in [-0.05, 0) is 29.8 Å². The fourth-order valence-electron chi connectivity index (χ4n) is 3.12. The molecule has 3 aromatic rings. The standard InChI is InChI=1S/C23H18N2O5/c1-27-17-6-4-15(5-7-17)22-16(3-2-10-26)13-25-23(19(22)12-24)30-18-8-9-20-21(11-18)29-14-28-20/h2-9,11,13,26H,10,14H2,1H3. The molecule has 0 radical (unpaired) electrons. The number of fused-ring (bicyclic) bond motifs is 1. The number of hydrogen-bond donors (Lipinski definition) is 1. The molecule has 0 amide bonds. The molecule has 0 spiro atoms. The molecule has 0 unspecified atom stereocenters. The molecule has 2 aromatic carbocycles. The number of aliphatic hydroxyl groups is 1. The summed E-state index contributed by atoms with van der Waals surface area (Å²) in [5.41, 5.74) is 2.40. The SMILES string of the molecule is COc1ccc(-c2c(C=CCO)cnc(Oc3ccc4c(c3)OCO4)c2C#N)cc1. The molecule has 0 atom stereocenters. The third kappa shape index (κ3) is 3.77. The Bertz CT molecular complexity index is 1130. The van der Waals surface area contributed by atoms with Crippen molar-refractivity contribution in [3.63, 3.8) is 0 Å². The first kappa shape index (κ1) is 19.3. The maximum atomic E-state index is 9.93. The molecular formula is C23H18N2O5. The van der Waals surface area contributed by atoms with E-state index in [0.29, 0.717) is 34.1 Å². The van der Waals surface area contributed by atoms with E-state index in [9.17, 15) is 10.4 Å². The minimum Gasteiger partial charge on any atom is -0.497 e. The lowest BCUT2D eigenvalue weighted by Crippen LogP contribution is -1.98. The van der Waals surface area contributed by atoms with E-state index in [1.165, 1.54) is 0 Å². The average Bonchev–Trinajstić information content (AvgIpc) is 3.26. The average molecular weight is 402 g/mol. The Morgan fingerprint density at radius 1 is 1.13 bits per heavy atom. The molecule has 0 saturated heterocycles. The second kappa shape index (κ2) is 8.55. The first-order chi connectivity index (χ1) is 14.7. The van der Waals surface area contributed by atoms with Gasteiger partial charge in [0.25, 0.3) is 0 Å². The number of benzene rings is 2. The molecule has 1 aromatic heterocycles. The molecule has 30 heavy (non-hydrogen) atoms. The summed E-state index contributed by atoms with van der Waals surface area (Å²) in [6.45, 7) is 0.0351. The quantitative estimate of drug-likeness (QED) is 0.662. The van der Waals surface area contributed by atoms with Gasteiger partial charge >= 0.3 is 0 Å². The summed E-state index contributed by atoms with van der Waals surface area (Å²) in [6.07, 6.45) is 4.91. The lowest BCUT2D eigenvalue weighted by Gasteiger charge is -2.14. The van der Waals surface area contributed by atoms with Crippen molar-refractivity contribution >= 4 is 6.08 Å². The van der Waals surface area contributed by atoms with Gasteiger partial charge in [0.15, 0.2) is 11.5 Å². The van der Waals surface area contributed by atoms with Crippen molar-refractivity contribution in [2.45, 2.75) is 0 Å². The van der Waals surface area contributed by atoms with Crippen LogP contribution in [-0.2, 0) is 0 Å². The zero-order chi connectivity index (χ0) is 20.9. The molecule has 0 bridgehead atoms. The number of pyridine rings is 1. The monoisotopic (exact) mass is 402 g/mol. The second-order valence-electron chi connectivity index (χ2n) is 6.31. The Labute approximate surface area is 173 Å². The van der Waals surface area contributed by atoms with E-state index in [0.717, 1.165) is 5.56 Å². The number of methoxy groups -OCH3 is 1. The van der Waals surface area contributed by atoms with Gasteiger partial charge in [-0.3, -0.25) is 0 Å². The predicted octanol–water partition coefficient (Wildman–Crippen LogP) is 4.16. The van der Waals surface area contributed by atoms with E-state index in [4.69, 9.17) is 18.9 Å². The van der Waals surface area contributed by atoms with Gasteiger partial charge in [-0.15, -0.1) is 0 Å². The Balaban J connectivity index is 1.79. The Morgan fingerprint density at radius 3 is 2.63 bits per heavy atom. The molecule has 1 N–H and O–H groups in total. The molecule has 1 aliphatic heterocycles. The van der Waals surface area contributed by atoms with Crippen molar-refractivity contribution in [1.82, 2.24) is 4.98 Å². The normalized spacial score (nSPS) is 12.0. The largest absolute Gasteiger partial charge is 0.497 e. The summed E-state index contributed by atoms with van der Waals surface area (Å²) in [5, 5.41) is 19.1. The third-order valence-corrected chi connectivity index (χ3v) is 4.53. The van der Waals surface area contributed by atoms with E-state index >= 15 is 0 Å². The molecule has 7 nitrogen and oxygen atoms in total. The lowest BCUT2D eigenvalue weighted by molar-refractivity contribution is 0.174. The first-order valence-electron chi connectivity index (χ1n) is 9.16. The molecule has 0 saturated carbocycles. The van der Waals surface area contributed by atoms with E-state index in [1.807, 2.05) is 24.3 Å². The zero-order valence-electron chi connectivity index (χ0n) is 16.2. The van der Waals surface area contributed by atoms with Gasteiger partial charge in [-0.25, -0.2) is 4.98 Å². The van der Waals surface area contributed by atoms with Crippen molar-refractivity contribution in [3.05, 3.63) is 65.9 Å². The van der Waals surface area contributed by atoms with Crippen molar-refractivity contribution < 1.29 is 24.1 Å². The Hall–Kier alpha value is -4.02. The van der Waals surface area contributed by atoms with Gasteiger partial charge < -0.3 is 24.1 Å². The van der Waals surface area contributed by atoms with Gasteiger partial charge in [-0.1, -0.05) is 24.3 Å². The number of nitrogens with zero attached hydrogens (tertiary/aromatic N) is 2. The molecule has 1 aliphatic rings. The van der Waals surface area contributed by atoms with Gasteiger partial charge in [-0.2, -0.15) is 5.26 Å². The van der Waals surface area contributed by atoms with Gasteiger partial charge in [0.2, 0.25) is 12.7 Å². The molecule has 2 heterocycles. The van der Waals surface area contributed by atoms with Crippen LogP contribution in [0.15, 0.2) is 54.7 Å². The van der Waals surface area contributed by atoms with Crippen LogP contribution in [-0.4, -0.2) is 30.6 Å². The number of aliphatic hydroxyl groups excluding tert-OH is 1. The van der Waals surface area contributed by atoms with Crippen LogP contribution >= 0.6 is 0 Å². The van der Waals surface area contributed by atoms with E-state index < -0.39 is 0 Å². The van der Waals surface area contributed by atoms with Crippen molar-refractivity contribution in [2.75, 3.05) is 20.5 Å². The maximum Gasteiger partial charge on any atom is 0.237 e. The molecule has 150 valence electrons. The highest BCUT2D eigenvalue weighted by molar-refractivity contribution is 5.81. The number of nitriles is 1. The van der Waals surface area contributed by atoms with Crippen LogP contribution in [0.1, 0.15) is 11.1 Å². The summed E-state index contributed by atoms with van der Waals surface area (Å²) in [6, 6.07) is 14.7. The fraction of sp³-hybridized carbons (Fsp3) is 0.130. The molecule has 0 aliphatic carbocycles. The summed E-state index contributed by atoms with van der Waals surface area (Å²) in [4.78, 5) is 4.34. The Morgan fingerprint density at radius 2 is 1.90 bits per heavy atom. The summed E-state index contributed by atoms with van der Waals surface area (Å²) >= 11 is 0. The zero-order valence-corrected chi connectivity index (χ0v) is 16.2. The van der Waals surface area contributed by atoms with Gasteiger partial charge in [0.1, 0.15) is 23.1 Å². The molecular weight excluding hydrogens is 384 g/mol. The van der Waals surface area contributed by atoms with Crippen LogP contribution in [0.4, 0.5) is 0 Å². The second-order valence-corrected chi connectivity index (χ2v) is 6.31. The van der Waals surface area contributed by atoms with Crippen LogP contribution < -0.4 is 18.9 Å². The minimum absolute atomic E-state index is 0.126. The lowest BCUT2D eigenvalue weighted by atomic mass is 9.96. The number of ether oxygens (including phenoxy) is 4. The van der Waals surface area contributed by atoms with Crippen molar-refractivity contribution in [3.8, 4) is 46.1 Å². The van der Waals surface area contributed by atoms with Crippen LogP contribution in [0.2, 0.25) is 0 Å². The molecule has 4 rings (SSSR count).